The van der Waals surface area contributed by atoms with E-state index < -0.39 is 6.04 Å². The summed E-state index contributed by atoms with van der Waals surface area (Å²) in [5.41, 5.74) is 1.87. The Labute approximate surface area is 115 Å². The van der Waals surface area contributed by atoms with E-state index in [1.165, 1.54) is 0 Å². The monoisotopic (exact) mass is 259 g/mol. The predicted molar refractivity (Wildman–Crippen MR) is 76.7 cm³/mol. The summed E-state index contributed by atoms with van der Waals surface area (Å²) in [7, 11) is 3.92. The number of rotatable bonds is 5. The molecular weight excluding hydrogens is 238 g/mol. The van der Waals surface area contributed by atoms with E-state index in [1.807, 2.05) is 57.1 Å². The van der Waals surface area contributed by atoms with Crippen LogP contribution in [0.1, 0.15) is 31.9 Å². The van der Waals surface area contributed by atoms with Crippen LogP contribution in [-0.2, 0) is 4.79 Å². The minimum absolute atomic E-state index is 0.0850. The Kier molecular flexibility index (Phi) is 5.37. The zero-order valence-electron chi connectivity index (χ0n) is 12.0. The van der Waals surface area contributed by atoms with Gasteiger partial charge >= 0.3 is 0 Å². The van der Waals surface area contributed by atoms with Gasteiger partial charge in [-0.1, -0.05) is 26.0 Å². The average Bonchev–Trinajstić information content (AvgIpc) is 2.35. The summed E-state index contributed by atoms with van der Waals surface area (Å²) < 4.78 is 0. The molecule has 1 atom stereocenters. The van der Waals surface area contributed by atoms with Gasteiger partial charge in [-0.15, -0.1) is 0 Å². The molecule has 0 bridgehead atoms. The maximum Gasteiger partial charge on any atom is 0.221 e. The van der Waals surface area contributed by atoms with Gasteiger partial charge in [0.05, 0.1) is 6.07 Å². The summed E-state index contributed by atoms with van der Waals surface area (Å²) in [6.07, 6.45) is 0.438. The summed E-state index contributed by atoms with van der Waals surface area (Å²) in [6.45, 7) is 3.96. The first kappa shape index (κ1) is 15.0. The van der Waals surface area contributed by atoms with Crippen molar-refractivity contribution in [2.75, 3.05) is 19.0 Å². The predicted octanol–water partition coefficient (Wildman–Crippen LogP) is 2.48. The van der Waals surface area contributed by atoms with E-state index in [0.29, 0.717) is 6.42 Å². The lowest BCUT2D eigenvalue weighted by Crippen LogP contribution is -2.28. The molecule has 1 rings (SSSR count). The Morgan fingerprint density at radius 1 is 1.32 bits per heavy atom. The van der Waals surface area contributed by atoms with Crippen molar-refractivity contribution >= 4 is 11.6 Å². The molecular formula is C15H21N3O. The van der Waals surface area contributed by atoms with Crippen molar-refractivity contribution in [1.29, 1.82) is 5.26 Å². The number of hydrogen-bond acceptors (Lipinski definition) is 3. The number of anilines is 1. The fraction of sp³-hybridized carbons (Fsp3) is 0.467. The van der Waals surface area contributed by atoms with Crippen LogP contribution in [0, 0.1) is 17.2 Å². The van der Waals surface area contributed by atoms with Crippen LogP contribution in [0.3, 0.4) is 0 Å². The van der Waals surface area contributed by atoms with Crippen LogP contribution in [0.5, 0.6) is 0 Å². The molecule has 0 aliphatic rings. The first-order valence-corrected chi connectivity index (χ1v) is 6.40. The molecule has 1 amide bonds. The highest BCUT2D eigenvalue weighted by Gasteiger charge is 2.14. The van der Waals surface area contributed by atoms with Crippen LogP contribution in [0.25, 0.3) is 0 Å². The number of nitrogens with one attached hydrogen (secondary N) is 1. The van der Waals surface area contributed by atoms with Gasteiger partial charge in [0.25, 0.3) is 0 Å². The highest BCUT2D eigenvalue weighted by atomic mass is 16.1. The van der Waals surface area contributed by atoms with Crippen molar-refractivity contribution in [3.63, 3.8) is 0 Å². The van der Waals surface area contributed by atoms with Crippen LogP contribution < -0.4 is 10.2 Å². The number of carbonyl (C=O) groups is 1. The highest BCUT2D eigenvalue weighted by molar-refractivity contribution is 5.77. The van der Waals surface area contributed by atoms with Crippen LogP contribution in [0.15, 0.2) is 24.3 Å². The van der Waals surface area contributed by atoms with Gasteiger partial charge in [-0.2, -0.15) is 5.26 Å². The molecule has 4 nitrogen and oxygen atoms in total. The molecule has 0 saturated carbocycles. The van der Waals surface area contributed by atoms with Crippen LogP contribution in [0.2, 0.25) is 0 Å². The summed E-state index contributed by atoms with van der Waals surface area (Å²) in [6, 6.07) is 9.17. The molecule has 0 radical (unpaired) electrons. The maximum atomic E-state index is 11.7. The lowest BCUT2D eigenvalue weighted by molar-refractivity contribution is -0.122. The average molecular weight is 259 g/mol. The molecule has 1 unspecified atom stereocenters. The van der Waals surface area contributed by atoms with Crippen LogP contribution in [-0.4, -0.2) is 20.0 Å². The van der Waals surface area contributed by atoms with E-state index in [9.17, 15) is 4.79 Å². The third-order valence-corrected chi connectivity index (χ3v) is 2.77. The molecule has 1 aromatic rings. The molecule has 19 heavy (non-hydrogen) atoms. The van der Waals surface area contributed by atoms with E-state index in [1.54, 1.807) is 0 Å². The SMILES string of the molecule is CC(C)CC(=O)NC(C#N)c1ccc(N(C)C)cc1. The van der Waals surface area contributed by atoms with Crippen molar-refractivity contribution in [2.45, 2.75) is 26.3 Å². The first-order valence-electron chi connectivity index (χ1n) is 6.40. The number of hydrogen-bond donors (Lipinski definition) is 1. The lowest BCUT2D eigenvalue weighted by Gasteiger charge is -2.16. The molecule has 0 saturated heterocycles. The van der Waals surface area contributed by atoms with E-state index in [0.717, 1.165) is 11.3 Å². The van der Waals surface area contributed by atoms with E-state index in [2.05, 4.69) is 11.4 Å². The third kappa shape index (κ3) is 4.63. The number of carbonyl (C=O) groups excluding carboxylic acids is 1. The van der Waals surface area contributed by atoms with Gasteiger partial charge in [-0.05, 0) is 23.6 Å². The molecule has 102 valence electrons. The topological polar surface area (TPSA) is 56.1 Å². The molecule has 0 aromatic heterocycles. The summed E-state index contributed by atoms with van der Waals surface area (Å²) in [5, 5.41) is 11.9. The minimum atomic E-state index is -0.581. The van der Waals surface area contributed by atoms with Gasteiger partial charge in [-0.3, -0.25) is 4.79 Å². The van der Waals surface area contributed by atoms with Crippen molar-refractivity contribution in [2.24, 2.45) is 5.92 Å². The Hall–Kier alpha value is -2.02. The summed E-state index contributed by atoms with van der Waals surface area (Å²) in [4.78, 5) is 13.7. The van der Waals surface area contributed by atoms with E-state index >= 15 is 0 Å². The minimum Gasteiger partial charge on any atom is -0.378 e. The summed E-state index contributed by atoms with van der Waals surface area (Å²) >= 11 is 0. The number of nitriles is 1. The number of nitrogens with zero attached hydrogens (tertiary/aromatic N) is 2. The summed E-state index contributed by atoms with van der Waals surface area (Å²) in [5.74, 6) is 0.202. The Morgan fingerprint density at radius 3 is 2.32 bits per heavy atom. The van der Waals surface area contributed by atoms with E-state index in [-0.39, 0.29) is 11.8 Å². The molecule has 0 aliphatic heterocycles. The fourth-order valence-corrected chi connectivity index (χ4v) is 1.75. The zero-order chi connectivity index (χ0) is 14.4. The second-order valence-electron chi connectivity index (χ2n) is 5.21. The van der Waals surface area contributed by atoms with Crippen molar-refractivity contribution < 1.29 is 4.79 Å². The van der Waals surface area contributed by atoms with Gasteiger partial charge in [0.2, 0.25) is 5.91 Å². The normalized spacial score (nSPS) is 11.8. The smallest absolute Gasteiger partial charge is 0.221 e. The van der Waals surface area contributed by atoms with Crippen molar-refractivity contribution in [3.05, 3.63) is 29.8 Å². The number of amides is 1. The maximum absolute atomic E-state index is 11.7. The molecule has 0 fully saturated rings. The third-order valence-electron chi connectivity index (χ3n) is 2.77. The second kappa shape index (κ2) is 6.79. The Morgan fingerprint density at radius 2 is 1.89 bits per heavy atom. The van der Waals surface area contributed by atoms with Crippen LogP contribution in [0.4, 0.5) is 5.69 Å². The van der Waals surface area contributed by atoms with Gasteiger partial charge in [0, 0.05) is 26.2 Å². The van der Waals surface area contributed by atoms with Gasteiger partial charge in [0.1, 0.15) is 6.04 Å². The molecule has 1 aromatic carbocycles. The molecule has 4 heteroatoms. The Balaban J connectivity index is 2.75. The molecule has 1 N–H and O–H groups in total. The standard InChI is InChI=1S/C15H21N3O/c1-11(2)9-15(19)17-14(10-16)12-5-7-13(8-6-12)18(3)4/h5-8,11,14H,9H2,1-4H3,(H,17,19). The fourth-order valence-electron chi connectivity index (χ4n) is 1.75. The van der Waals surface area contributed by atoms with Crippen molar-refractivity contribution in [3.8, 4) is 6.07 Å². The van der Waals surface area contributed by atoms with Crippen molar-refractivity contribution in [1.82, 2.24) is 5.32 Å². The molecule has 0 spiro atoms. The molecule has 0 aliphatic carbocycles. The molecule has 0 heterocycles. The van der Waals surface area contributed by atoms with Crippen LogP contribution >= 0.6 is 0 Å². The van der Waals surface area contributed by atoms with E-state index in [4.69, 9.17) is 5.26 Å². The highest BCUT2D eigenvalue weighted by Crippen LogP contribution is 2.18. The zero-order valence-corrected chi connectivity index (χ0v) is 12.0. The number of benzene rings is 1. The van der Waals surface area contributed by atoms with Gasteiger partial charge in [-0.25, -0.2) is 0 Å². The van der Waals surface area contributed by atoms with Gasteiger partial charge < -0.3 is 10.2 Å². The lowest BCUT2D eigenvalue weighted by atomic mass is 10.1. The quantitative estimate of drug-likeness (QED) is 0.883. The second-order valence-corrected chi connectivity index (χ2v) is 5.21. The largest absolute Gasteiger partial charge is 0.378 e. The Bertz CT molecular complexity index is 457. The van der Waals surface area contributed by atoms with Gasteiger partial charge in [0.15, 0.2) is 0 Å². The first-order chi connectivity index (χ1) is 8.93.